The number of H-pyrrole nitrogens is 1. The average molecular weight is 421 g/mol. The maximum atomic E-state index is 12.8. The van der Waals surface area contributed by atoms with Crippen LogP contribution in [0.3, 0.4) is 0 Å². The van der Waals surface area contributed by atoms with Crippen LogP contribution in [-0.4, -0.2) is 44.4 Å². The molecule has 11 heteroatoms. The number of methoxy groups -OCH3 is 1. The largest absolute Gasteiger partial charge is 0.504 e. The summed E-state index contributed by atoms with van der Waals surface area (Å²) in [6, 6.07) is 9.68. The number of phenols is 1. The summed E-state index contributed by atoms with van der Waals surface area (Å²) in [6.07, 6.45) is 0. The van der Waals surface area contributed by atoms with Crippen LogP contribution < -0.4 is 25.6 Å². The first kappa shape index (κ1) is 18.5. The van der Waals surface area contributed by atoms with E-state index in [1.807, 2.05) is 0 Å². The highest BCUT2D eigenvalue weighted by molar-refractivity contribution is 6.02. The van der Waals surface area contributed by atoms with E-state index in [0.717, 1.165) is 0 Å². The third kappa shape index (κ3) is 2.82. The van der Waals surface area contributed by atoms with Gasteiger partial charge >= 0.3 is 5.69 Å². The van der Waals surface area contributed by atoms with Crippen LogP contribution in [0.25, 0.3) is 28.2 Å². The van der Waals surface area contributed by atoms with Crippen LogP contribution in [0.4, 0.5) is 0 Å². The molecule has 0 atom stereocenters. The molecule has 1 aliphatic rings. The van der Waals surface area contributed by atoms with E-state index in [1.165, 1.54) is 11.7 Å². The van der Waals surface area contributed by atoms with Crippen LogP contribution in [0.15, 0.2) is 41.2 Å². The number of para-hydroxylation sites is 1. The van der Waals surface area contributed by atoms with Crippen molar-refractivity contribution in [3.8, 4) is 40.1 Å². The van der Waals surface area contributed by atoms with E-state index in [1.54, 1.807) is 36.4 Å². The van der Waals surface area contributed by atoms with Gasteiger partial charge in [-0.15, -0.1) is 0 Å². The zero-order chi connectivity index (χ0) is 21.7. The van der Waals surface area contributed by atoms with E-state index < -0.39 is 11.6 Å². The summed E-state index contributed by atoms with van der Waals surface area (Å²) >= 11 is 0. The number of benzene rings is 2. The summed E-state index contributed by atoms with van der Waals surface area (Å²) in [5.74, 6) is 0.123. The summed E-state index contributed by atoms with van der Waals surface area (Å²) in [4.78, 5) is 36.1. The number of fused-ring (bicyclic) bond motifs is 2. The molecule has 4 aromatic rings. The van der Waals surface area contributed by atoms with Crippen molar-refractivity contribution in [1.82, 2.24) is 19.5 Å². The predicted molar refractivity (Wildman–Crippen MR) is 108 cm³/mol. The molecule has 0 aliphatic carbocycles. The monoisotopic (exact) mass is 421 g/mol. The molecule has 0 saturated heterocycles. The van der Waals surface area contributed by atoms with E-state index in [9.17, 15) is 14.7 Å². The Labute approximate surface area is 173 Å². The van der Waals surface area contributed by atoms with Gasteiger partial charge in [-0.25, -0.2) is 19.3 Å². The first-order valence-corrected chi connectivity index (χ1v) is 9.07. The maximum Gasteiger partial charge on any atom is 0.332 e. The molecule has 1 amide bonds. The van der Waals surface area contributed by atoms with Crippen molar-refractivity contribution >= 4 is 17.1 Å². The average Bonchev–Trinajstić information content (AvgIpc) is 3.35. The van der Waals surface area contributed by atoms with E-state index in [2.05, 4.69) is 15.0 Å². The molecule has 2 aromatic carbocycles. The molecule has 1 aliphatic heterocycles. The first-order chi connectivity index (χ1) is 15.0. The first-order valence-electron chi connectivity index (χ1n) is 9.07. The van der Waals surface area contributed by atoms with Crippen molar-refractivity contribution < 1.29 is 24.1 Å². The number of hydrogen-bond donors (Lipinski definition) is 3. The molecule has 31 heavy (non-hydrogen) atoms. The quantitative estimate of drug-likeness (QED) is 0.446. The maximum absolute atomic E-state index is 12.8. The molecule has 0 bridgehead atoms. The van der Waals surface area contributed by atoms with Gasteiger partial charge in [0, 0.05) is 6.07 Å². The minimum Gasteiger partial charge on any atom is -0.504 e. The fourth-order valence-corrected chi connectivity index (χ4v) is 3.41. The molecule has 3 heterocycles. The molecule has 4 N–H and O–H groups in total. The third-order valence-electron chi connectivity index (χ3n) is 4.84. The zero-order valence-electron chi connectivity index (χ0n) is 16.1. The number of nitrogens with zero attached hydrogens (tertiary/aromatic N) is 3. The molecule has 0 radical (unpaired) electrons. The lowest BCUT2D eigenvalue weighted by molar-refractivity contribution is 0.0997. The molecular weight excluding hydrogens is 406 g/mol. The Morgan fingerprint density at radius 2 is 2.03 bits per heavy atom. The number of aromatic nitrogens is 4. The number of primary amides is 1. The van der Waals surface area contributed by atoms with E-state index >= 15 is 0 Å². The van der Waals surface area contributed by atoms with E-state index in [4.69, 9.17) is 19.9 Å². The van der Waals surface area contributed by atoms with Gasteiger partial charge in [0.25, 0.3) is 5.91 Å². The number of amides is 1. The van der Waals surface area contributed by atoms with Crippen molar-refractivity contribution in [2.75, 3.05) is 13.9 Å². The van der Waals surface area contributed by atoms with E-state index in [-0.39, 0.29) is 46.5 Å². The third-order valence-corrected chi connectivity index (χ3v) is 4.84. The molecule has 0 spiro atoms. The Kier molecular flexibility index (Phi) is 4.03. The van der Waals surface area contributed by atoms with Gasteiger partial charge in [0.1, 0.15) is 5.52 Å². The molecule has 2 aromatic heterocycles. The van der Waals surface area contributed by atoms with Gasteiger partial charge in [-0.05, 0) is 24.3 Å². The second kappa shape index (κ2) is 6.76. The van der Waals surface area contributed by atoms with Gasteiger partial charge in [0.15, 0.2) is 40.2 Å². The summed E-state index contributed by atoms with van der Waals surface area (Å²) in [6.45, 7) is 0.0782. The zero-order valence-corrected chi connectivity index (χ0v) is 16.1. The van der Waals surface area contributed by atoms with Crippen LogP contribution in [-0.2, 0) is 0 Å². The highest BCUT2D eigenvalue weighted by Gasteiger charge is 2.23. The minimum absolute atomic E-state index is 0.00815. The van der Waals surface area contributed by atoms with Gasteiger partial charge < -0.3 is 30.0 Å². The van der Waals surface area contributed by atoms with Crippen molar-refractivity contribution in [3.63, 3.8) is 0 Å². The molecular formula is C20H15N5O6. The van der Waals surface area contributed by atoms with Crippen molar-refractivity contribution in [1.29, 1.82) is 0 Å². The number of aromatic amines is 1. The fourth-order valence-electron chi connectivity index (χ4n) is 3.41. The Balaban J connectivity index is 1.80. The molecule has 0 saturated carbocycles. The van der Waals surface area contributed by atoms with Gasteiger partial charge in [0.05, 0.1) is 18.4 Å². The number of nitrogens with one attached hydrogen (secondary N) is 1. The summed E-state index contributed by atoms with van der Waals surface area (Å²) in [5.41, 5.74) is 5.56. The molecule has 5 rings (SSSR count). The Morgan fingerprint density at radius 3 is 2.81 bits per heavy atom. The lowest BCUT2D eigenvalue weighted by atomic mass is 10.1. The number of rotatable bonds is 4. The number of hydrogen-bond acceptors (Lipinski definition) is 8. The van der Waals surface area contributed by atoms with Crippen LogP contribution in [0, 0.1) is 0 Å². The number of imidazole rings is 1. The topological polar surface area (TPSA) is 155 Å². The summed E-state index contributed by atoms with van der Waals surface area (Å²) in [7, 11) is 1.40. The number of phenolic OH excluding ortho intramolecular Hbond substituents is 1. The molecule has 156 valence electrons. The number of aromatic hydroxyl groups is 1. The van der Waals surface area contributed by atoms with Crippen molar-refractivity contribution in [3.05, 3.63) is 52.6 Å². The lowest BCUT2D eigenvalue weighted by Gasteiger charge is -2.10. The summed E-state index contributed by atoms with van der Waals surface area (Å²) < 4.78 is 17.1. The Morgan fingerprint density at radius 1 is 1.23 bits per heavy atom. The van der Waals surface area contributed by atoms with Crippen LogP contribution in [0.2, 0.25) is 0 Å². The highest BCUT2D eigenvalue weighted by Crippen LogP contribution is 2.37. The number of carbonyl (C=O) groups is 1. The van der Waals surface area contributed by atoms with Crippen LogP contribution in [0.1, 0.15) is 10.5 Å². The second-order valence-electron chi connectivity index (χ2n) is 6.62. The standard InChI is InChI=1S/C20H15N5O6/c1-29-12-4-2-3-10(16(12)26)18-22-14(17(21)27)15-19(24-18)25(20(28)23-15)9-5-6-11-13(7-9)31-8-30-11/h2-7,26H,8H2,1H3,(H2,21,27)(H,23,28). The molecule has 11 nitrogen and oxygen atoms in total. The predicted octanol–water partition coefficient (Wildman–Crippen LogP) is 1.32. The van der Waals surface area contributed by atoms with Crippen LogP contribution >= 0.6 is 0 Å². The Bertz CT molecular complexity index is 1420. The lowest BCUT2D eigenvalue weighted by Crippen LogP contribution is -2.15. The number of carbonyl (C=O) groups excluding carboxylic acids is 1. The normalized spacial score (nSPS) is 12.3. The van der Waals surface area contributed by atoms with E-state index in [0.29, 0.717) is 17.2 Å². The summed E-state index contributed by atoms with van der Waals surface area (Å²) in [5, 5.41) is 10.5. The van der Waals surface area contributed by atoms with Crippen molar-refractivity contribution in [2.24, 2.45) is 5.73 Å². The SMILES string of the molecule is COc1cccc(-c2nc(C(N)=O)c3[nH]c(=O)n(-c4ccc5c(c4)OCO5)c3n2)c1O. The van der Waals surface area contributed by atoms with Crippen molar-refractivity contribution in [2.45, 2.75) is 0 Å². The molecule has 0 unspecified atom stereocenters. The van der Waals surface area contributed by atoms with Gasteiger partial charge in [-0.2, -0.15) is 0 Å². The number of ether oxygens (including phenoxy) is 3. The van der Waals surface area contributed by atoms with Gasteiger partial charge in [0.2, 0.25) is 6.79 Å². The van der Waals surface area contributed by atoms with Gasteiger partial charge in [-0.1, -0.05) is 6.07 Å². The fraction of sp³-hybridized carbons (Fsp3) is 0.100. The smallest absolute Gasteiger partial charge is 0.332 e. The molecule has 0 fully saturated rings. The highest BCUT2D eigenvalue weighted by atomic mass is 16.7. The van der Waals surface area contributed by atoms with Crippen LogP contribution in [0.5, 0.6) is 23.0 Å². The van der Waals surface area contributed by atoms with Gasteiger partial charge in [-0.3, -0.25) is 4.79 Å². The minimum atomic E-state index is -0.866. The Hall–Kier alpha value is -4.54. The second-order valence-corrected chi connectivity index (χ2v) is 6.62. The number of nitrogens with two attached hydrogens (primary N) is 1.